The van der Waals surface area contributed by atoms with E-state index >= 15 is 0 Å². The van der Waals surface area contributed by atoms with Gasteiger partial charge in [0, 0.05) is 11.8 Å². The molecule has 1 amide bonds. The van der Waals surface area contributed by atoms with Crippen LogP contribution in [0.1, 0.15) is 18.1 Å². The number of benzene rings is 2. The lowest BCUT2D eigenvalue weighted by Gasteiger charge is -2.11. The van der Waals surface area contributed by atoms with Crippen molar-refractivity contribution in [3.63, 3.8) is 0 Å². The van der Waals surface area contributed by atoms with Crippen LogP contribution in [0.2, 0.25) is 0 Å². The summed E-state index contributed by atoms with van der Waals surface area (Å²) in [5.74, 6) is 0.0116. The van der Waals surface area contributed by atoms with Crippen molar-refractivity contribution in [1.29, 1.82) is 0 Å². The predicted molar refractivity (Wildman–Crippen MR) is 102 cm³/mol. The van der Waals surface area contributed by atoms with Crippen molar-refractivity contribution in [3.05, 3.63) is 59.1 Å². The Morgan fingerprint density at radius 2 is 1.96 bits per heavy atom. The molecular weight excluding hydrogens is 372 g/mol. The lowest BCUT2D eigenvalue weighted by Crippen LogP contribution is -2.39. The van der Waals surface area contributed by atoms with Crippen molar-refractivity contribution in [3.8, 4) is 0 Å². The molecule has 0 aliphatic heterocycles. The SMILES string of the molecule is Br.CCc1cccc(C)c1NC(=O)C[n+]1csc2ccccc21. The molecule has 0 aliphatic rings. The standard InChI is InChI=1S/C18H18N2OS.BrH/c1-3-14-8-6-7-13(2)18(14)19-17(21)11-20-12-22-16-10-5-4-9-15(16)20;/h4-10,12H,3,11H2,1-2H3;1H/p+1. The van der Waals surface area contributed by atoms with Crippen LogP contribution in [-0.4, -0.2) is 5.91 Å². The summed E-state index contributed by atoms with van der Waals surface area (Å²) >= 11 is 1.66. The molecule has 3 aromatic rings. The highest BCUT2D eigenvalue weighted by molar-refractivity contribution is 8.93. The number of amides is 1. The van der Waals surface area contributed by atoms with Crippen molar-refractivity contribution in [2.24, 2.45) is 0 Å². The first-order valence-electron chi connectivity index (χ1n) is 7.43. The number of aromatic nitrogens is 1. The monoisotopic (exact) mass is 391 g/mol. The number of fused-ring (bicyclic) bond motifs is 1. The number of para-hydroxylation sites is 2. The van der Waals surface area contributed by atoms with Gasteiger partial charge in [0.2, 0.25) is 17.6 Å². The van der Waals surface area contributed by atoms with E-state index < -0.39 is 0 Å². The van der Waals surface area contributed by atoms with E-state index in [9.17, 15) is 4.79 Å². The molecule has 23 heavy (non-hydrogen) atoms. The Balaban J connectivity index is 0.00000192. The van der Waals surface area contributed by atoms with E-state index in [0.29, 0.717) is 6.54 Å². The van der Waals surface area contributed by atoms with Gasteiger partial charge in [0.1, 0.15) is 4.70 Å². The Kier molecular flexibility index (Phi) is 5.91. The fraction of sp³-hybridized carbons (Fsp3) is 0.222. The quantitative estimate of drug-likeness (QED) is 0.661. The molecule has 0 unspecified atom stereocenters. The third-order valence-corrected chi connectivity index (χ3v) is 4.76. The molecule has 3 nitrogen and oxygen atoms in total. The number of nitrogens with zero attached hydrogens (tertiary/aromatic N) is 1. The van der Waals surface area contributed by atoms with E-state index in [1.807, 2.05) is 47.3 Å². The molecule has 1 aromatic heterocycles. The molecule has 3 rings (SSSR count). The Labute approximate surface area is 150 Å². The Hall–Kier alpha value is -1.72. The molecule has 0 spiro atoms. The molecule has 0 saturated carbocycles. The lowest BCUT2D eigenvalue weighted by atomic mass is 10.1. The van der Waals surface area contributed by atoms with Crippen molar-refractivity contribution in [1.82, 2.24) is 0 Å². The van der Waals surface area contributed by atoms with Gasteiger partial charge in [-0.15, -0.1) is 17.0 Å². The minimum Gasteiger partial charge on any atom is -0.320 e. The smallest absolute Gasteiger partial charge is 0.290 e. The maximum Gasteiger partial charge on any atom is 0.290 e. The number of anilines is 1. The normalized spacial score (nSPS) is 10.3. The summed E-state index contributed by atoms with van der Waals surface area (Å²) < 4.78 is 3.19. The summed E-state index contributed by atoms with van der Waals surface area (Å²) in [4.78, 5) is 12.4. The van der Waals surface area contributed by atoms with Gasteiger partial charge in [0.05, 0.1) is 0 Å². The summed E-state index contributed by atoms with van der Waals surface area (Å²) in [7, 11) is 0. The summed E-state index contributed by atoms with van der Waals surface area (Å²) in [5.41, 5.74) is 6.34. The van der Waals surface area contributed by atoms with Crippen molar-refractivity contribution in [2.75, 3.05) is 5.32 Å². The minimum absolute atomic E-state index is 0. The topological polar surface area (TPSA) is 33.0 Å². The second kappa shape index (κ2) is 7.70. The Bertz CT molecular complexity index is 829. The maximum absolute atomic E-state index is 12.4. The van der Waals surface area contributed by atoms with Gasteiger partial charge in [0.25, 0.3) is 5.91 Å². The number of thiazole rings is 1. The summed E-state index contributed by atoms with van der Waals surface area (Å²) in [6, 6.07) is 14.3. The number of hydrogen-bond donors (Lipinski definition) is 1. The number of nitrogens with one attached hydrogen (secondary N) is 1. The lowest BCUT2D eigenvalue weighted by molar-refractivity contribution is -0.653. The predicted octanol–water partition coefficient (Wildman–Crippen LogP) is 4.28. The van der Waals surface area contributed by atoms with Crippen LogP contribution in [0.3, 0.4) is 0 Å². The molecule has 5 heteroatoms. The van der Waals surface area contributed by atoms with E-state index in [1.54, 1.807) is 11.3 Å². The second-order valence-electron chi connectivity index (χ2n) is 5.33. The number of rotatable bonds is 4. The zero-order valence-electron chi connectivity index (χ0n) is 13.2. The molecule has 0 saturated heterocycles. The second-order valence-corrected chi connectivity index (χ2v) is 6.22. The third kappa shape index (κ3) is 3.79. The van der Waals surface area contributed by atoms with Gasteiger partial charge < -0.3 is 5.32 Å². The van der Waals surface area contributed by atoms with E-state index in [0.717, 1.165) is 23.2 Å². The van der Waals surface area contributed by atoms with Gasteiger partial charge >= 0.3 is 0 Å². The first-order valence-corrected chi connectivity index (χ1v) is 8.31. The number of hydrogen-bond acceptors (Lipinski definition) is 2. The maximum atomic E-state index is 12.4. The highest BCUT2D eigenvalue weighted by Gasteiger charge is 2.17. The van der Waals surface area contributed by atoms with Crippen molar-refractivity contribution in [2.45, 2.75) is 26.8 Å². The first kappa shape index (κ1) is 17.6. The van der Waals surface area contributed by atoms with E-state index in [-0.39, 0.29) is 22.9 Å². The minimum atomic E-state index is 0. The van der Waals surface area contributed by atoms with Gasteiger partial charge in [0.15, 0.2) is 0 Å². The molecule has 0 atom stereocenters. The summed E-state index contributed by atoms with van der Waals surface area (Å²) in [6.45, 7) is 4.47. The Morgan fingerprint density at radius 1 is 1.17 bits per heavy atom. The fourth-order valence-corrected chi connectivity index (χ4v) is 3.52. The molecule has 0 radical (unpaired) electrons. The average Bonchev–Trinajstić information content (AvgIpc) is 2.92. The van der Waals surface area contributed by atoms with Gasteiger partial charge in [-0.2, -0.15) is 4.57 Å². The van der Waals surface area contributed by atoms with Crippen LogP contribution >= 0.6 is 28.3 Å². The molecule has 0 aliphatic carbocycles. The van der Waals surface area contributed by atoms with Crippen LogP contribution in [0, 0.1) is 6.92 Å². The highest BCUT2D eigenvalue weighted by atomic mass is 79.9. The number of carbonyl (C=O) groups is 1. The highest BCUT2D eigenvalue weighted by Crippen LogP contribution is 2.21. The zero-order valence-corrected chi connectivity index (χ0v) is 15.7. The van der Waals surface area contributed by atoms with Crippen LogP contribution in [-0.2, 0) is 17.8 Å². The molecule has 120 valence electrons. The van der Waals surface area contributed by atoms with Crippen LogP contribution in [0.15, 0.2) is 48.0 Å². The van der Waals surface area contributed by atoms with Crippen LogP contribution in [0.4, 0.5) is 5.69 Å². The van der Waals surface area contributed by atoms with E-state index in [1.165, 1.54) is 10.3 Å². The third-order valence-electron chi connectivity index (χ3n) is 3.80. The molecule has 1 N–H and O–H groups in total. The Morgan fingerprint density at radius 3 is 2.74 bits per heavy atom. The molecule has 2 aromatic carbocycles. The molecular formula is C18H20BrN2OS+. The van der Waals surface area contributed by atoms with Gasteiger partial charge in [-0.1, -0.05) is 48.6 Å². The zero-order chi connectivity index (χ0) is 15.5. The van der Waals surface area contributed by atoms with Gasteiger partial charge in [-0.3, -0.25) is 4.79 Å². The van der Waals surface area contributed by atoms with Crippen molar-refractivity contribution >= 4 is 50.1 Å². The number of carbonyl (C=O) groups excluding carboxylic acids is 1. The number of halogens is 1. The average molecular weight is 392 g/mol. The van der Waals surface area contributed by atoms with Crippen LogP contribution < -0.4 is 9.88 Å². The molecule has 0 bridgehead atoms. The van der Waals surface area contributed by atoms with Gasteiger partial charge in [-0.05, 0) is 30.5 Å². The number of aryl methyl sites for hydroxylation is 2. The summed E-state index contributed by atoms with van der Waals surface area (Å²) in [6.07, 6.45) is 0.909. The van der Waals surface area contributed by atoms with Crippen LogP contribution in [0.25, 0.3) is 10.2 Å². The van der Waals surface area contributed by atoms with Crippen LogP contribution in [0.5, 0.6) is 0 Å². The van der Waals surface area contributed by atoms with Gasteiger partial charge in [-0.25, -0.2) is 0 Å². The summed E-state index contributed by atoms with van der Waals surface area (Å²) in [5, 5.41) is 3.08. The molecule has 0 fully saturated rings. The molecule has 1 heterocycles. The van der Waals surface area contributed by atoms with E-state index in [4.69, 9.17) is 0 Å². The fourth-order valence-electron chi connectivity index (χ4n) is 2.63. The van der Waals surface area contributed by atoms with Crippen molar-refractivity contribution < 1.29 is 9.36 Å². The first-order chi connectivity index (χ1) is 10.7. The largest absolute Gasteiger partial charge is 0.320 e. The van der Waals surface area contributed by atoms with E-state index in [2.05, 4.69) is 24.4 Å².